The molecule has 2 N–H and O–H groups in total. The smallest absolute Gasteiger partial charge is 0.325 e. The van der Waals surface area contributed by atoms with Gasteiger partial charge in [0.15, 0.2) is 0 Å². The molecule has 0 bridgehead atoms. The summed E-state index contributed by atoms with van der Waals surface area (Å²) in [6, 6.07) is 17.5. The number of fused-ring (bicyclic) bond motifs is 1. The topological polar surface area (TPSA) is 70.1 Å². The van der Waals surface area contributed by atoms with Crippen LogP contribution in [0.15, 0.2) is 59.4 Å². The number of H-pyrrole nitrogens is 1. The molecule has 3 aromatic rings. The van der Waals surface area contributed by atoms with Gasteiger partial charge in [0.2, 0.25) is 5.91 Å². The third-order valence-electron chi connectivity index (χ3n) is 4.97. The van der Waals surface area contributed by atoms with Crippen LogP contribution in [0.4, 0.5) is 5.69 Å². The highest BCUT2D eigenvalue weighted by molar-refractivity contribution is 5.92. The summed E-state index contributed by atoms with van der Waals surface area (Å²) in [7, 11) is 0. The fourth-order valence-corrected chi connectivity index (χ4v) is 3.70. The summed E-state index contributed by atoms with van der Waals surface area (Å²) in [6.07, 6.45) is 1.72. The maximum atomic E-state index is 12.3. The standard InChI is InChI=1S/C20H22N4O2/c25-19(21-15-6-2-1-3-7-15)14-23-12-10-16(11-13-23)24-18-9-5-4-8-17(18)22-20(24)26/h1-9,16H,10-14H2,(H,21,25)(H,22,26). The maximum Gasteiger partial charge on any atom is 0.326 e. The van der Waals surface area contributed by atoms with Gasteiger partial charge in [-0.3, -0.25) is 14.3 Å². The molecule has 0 spiro atoms. The van der Waals surface area contributed by atoms with Crippen molar-refractivity contribution in [2.45, 2.75) is 18.9 Å². The number of likely N-dealkylation sites (tertiary alicyclic amines) is 1. The number of aromatic amines is 1. The number of hydrogen-bond donors (Lipinski definition) is 2. The molecule has 0 atom stereocenters. The van der Waals surface area contributed by atoms with Gasteiger partial charge in [0.25, 0.3) is 0 Å². The van der Waals surface area contributed by atoms with E-state index in [0.717, 1.165) is 42.7 Å². The Kier molecular flexibility index (Phi) is 4.58. The van der Waals surface area contributed by atoms with Crippen LogP contribution < -0.4 is 11.0 Å². The average molecular weight is 350 g/mol. The monoisotopic (exact) mass is 350 g/mol. The first kappa shape index (κ1) is 16.6. The highest BCUT2D eigenvalue weighted by Gasteiger charge is 2.24. The van der Waals surface area contributed by atoms with Crippen molar-refractivity contribution in [3.05, 3.63) is 65.1 Å². The Bertz CT molecular complexity index is 953. The van der Waals surface area contributed by atoms with Crippen LogP contribution in [-0.4, -0.2) is 40.0 Å². The molecule has 134 valence electrons. The summed E-state index contributed by atoms with van der Waals surface area (Å²) in [5, 5.41) is 2.92. The van der Waals surface area contributed by atoms with Gasteiger partial charge in [-0.1, -0.05) is 30.3 Å². The molecule has 1 aliphatic rings. The van der Waals surface area contributed by atoms with E-state index in [1.54, 1.807) is 0 Å². The molecule has 0 unspecified atom stereocenters. The fourth-order valence-electron chi connectivity index (χ4n) is 3.70. The van der Waals surface area contributed by atoms with Crippen LogP contribution in [-0.2, 0) is 4.79 Å². The van der Waals surface area contributed by atoms with Gasteiger partial charge in [-0.05, 0) is 37.1 Å². The number of amides is 1. The van der Waals surface area contributed by atoms with E-state index >= 15 is 0 Å². The first-order chi connectivity index (χ1) is 12.7. The molecule has 0 aliphatic carbocycles. The van der Waals surface area contributed by atoms with E-state index in [1.165, 1.54) is 0 Å². The van der Waals surface area contributed by atoms with Gasteiger partial charge in [-0.15, -0.1) is 0 Å². The van der Waals surface area contributed by atoms with E-state index < -0.39 is 0 Å². The Labute approximate surface area is 151 Å². The molecular formula is C20H22N4O2. The SMILES string of the molecule is O=C(CN1CCC(n2c(=O)[nH]c3ccccc32)CC1)Nc1ccccc1. The number of hydrogen-bond acceptors (Lipinski definition) is 3. The molecule has 6 nitrogen and oxygen atoms in total. The number of imidazole rings is 1. The predicted molar refractivity (Wildman–Crippen MR) is 102 cm³/mol. The van der Waals surface area contributed by atoms with Gasteiger partial charge in [0.05, 0.1) is 17.6 Å². The number of piperidine rings is 1. The Morgan fingerprint density at radius 3 is 2.50 bits per heavy atom. The maximum absolute atomic E-state index is 12.3. The van der Waals surface area contributed by atoms with E-state index in [9.17, 15) is 9.59 Å². The first-order valence-electron chi connectivity index (χ1n) is 8.97. The van der Waals surface area contributed by atoms with Crippen LogP contribution in [0.25, 0.3) is 11.0 Å². The van der Waals surface area contributed by atoms with E-state index in [2.05, 4.69) is 15.2 Å². The van der Waals surface area contributed by atoms with Crippen molar-refractivity contribution in [1.29, 1.82) is 0 Å². The molecule has 2 aromatic carbocycles. The Balaban J connectivity index is 1.37. The van der Waals surface area contributed by atoms with Crippen LogP contribution in [0, 0.1) is 0 Å². The van der Waals surface area contributed by atoms with Crippen molar-refractivity contribution in [2.24, 2.45) is 0 Å². The lowest BCUT2D eigenvalue weighted by molar-refractivity contribution is -0.117. The molecule has 1 aliphatic heterocycles. The Morgan fingerprint density at radius 2 is 1.73 bits per heavy atom. The lowest BCUT2D eigenvalue weighted by Gasteiger charge is -2.32. The number of carbonyl (C=O) groups is 1. The number of rotatable bonds is 4. The molecule has 1 fully saturated rings. The molecule has 1 amide bonds. The number of aromatic nitrogens is 2. The molecule has 26 heavy (non-hydrogen) atoms. The molecule has 1 aromatic heterocycles. The second kappa shape index (κ2) is 7.17. The lowest BCUT2D eigenvalue weighted by atomic mass is 10.0. The van der Waals surface area contributed by atoms with Crippen LogP contribution in [0.5, 0.6) is 0 Å². The summed E-state index contributed by atoms with van der Waals surface area (Å²) in [4.78, 5) is 29.6. The van der Waals surface area contributed by atoms with Gasteiger partial charge in [0, 0.05) is 24.8 Å². The normalized spacial score (nSPS) is 16.0. The zero-order valence-corrected chi connectivity index (χ0v) is 14.5. The van der Waals surface area contributed by atoms with Gasteiger partial charge >= 0.3 is 5.69 Å². The first-order valence-corrected chi connectivity index (χ1v) is 8.97. The summed E-state index contributed by atoms with van der Waals surface area (Å²) in [5.41, 5.74) is 2.60. The molecule has 1 saturated heterocycles. The Morgan fingerprint density at radius 1 is 1.04 bits per heavy atom. The summed E-state index contributed by atoms with van der Waals surface area (Å²) in [6.45, 7) is 1.99. The fraction of sp³-hybridized carbons (Fsp3) is 0.300. The van der Waals surface area contributed by atoms with E-state index in [-0.39, 0.29) is 17.6 Å². The van der Waals surface area contributed by atoms with E-state index in [0.29, 0.717) is 6.54 Å². The van der Waals surface area contributed by atoms with Gasteiger partial charge in [-0.2, -0.15) is 0 Å². The minimum atomic E-state index is -0.0496. The quantitative estimate of drug-likeness (QED) is 0.760. The van der Waals surface area contributed by atoms with Crippen molar-refractivity contribution >= 4 is 22.6 Å². The van der Waals surface area contributed by atoms with Crippen molar-refractivity contribution < 1.29 is 4.79 Å². The van der Waals surface area contributed by atoms with Gasteiger partial charge < -0.3 is 10.3 Å². The largest absolute Gasteiger partial charge is 0.326 e. The molecule has 0 radical (unpaired) electrons. The molecule has 6 heteroatoms. The van der Waals surface area contributed by atoms with E-state index in [1.807, 2.05) is 59.2 Å². The van der Waals surface area contributed by atoms with E-state index in [4.69, 9.17) is 0 Å². The third-order valence-corrected chi connectivity index (χ3v) is 4.97. The van der Waals surface area contributed by atoms with Crippen LogP contribution >= 0.6 is 0 Å². The van der Waals surface area contributed by atoms with Crippen molar-refractivity contribution in [1.82, 2.24) is 14.5 Å². The van der Waals surface area contributed by atoms with Crippen molar-refractivity contribution in [3.63, 3.8) is 0 Å². The zero-order valence-electron chi connectivity index (χ0n) is 14.5. The zero-order chi connectivity index (χ0) is 17.9. The number of carbonyl (C=O) groups excluding carboxylic acids is 1. The molecule has 2 heterocycles. The van der Waals surface area contributed by atoms with Crippen molar-refractivity contribution in [3.8, 4) is 0 Å². The van der Waals surface area contributed by atoms with Crippen LogP contribution in [0.1, 0.15) is 18.9 Å². The lowest BCUT2D eigenvalue weighted by Crippen LogP contribution is -2.40. The number of nitrogens with zero attached hydrogens (tertiary/aromatic N) is 2. The van der Waals surface area contributed by atoms with Crippen LogP contribution in [0.3, 0.4) is 0 Å². The minimum absolute atomic E-state index is 0.00101. The van der Waals surface area contributed by atoms with Crippen molar-refractivity contribution in [2.75, 3.05) is 25.0 Å². The third kappa shape index (κ3) is 3.41. The predicted octanol–water partition coefficient (Wildman–Crippen LogP) is 2.61. The number of anilines is 1. The summed E-state index contributed by atoms with van der Waals surface area (Å²) in [5.74, 6) is -0.00101. The molecule has 4 rings (SSSR count). The Hall–Kier alpha value is -2.86. The highest BCUT2D eigenvalue weighted by atomic mass is 16.2. The summed E-state index contributed by atoms with van der Waals surface area (Å²) < 4.78 is 1.87. The number of benzene rings is 2. The van der Waals surface area contributed by atoms with Gasteiger partial charge in [0.1, 0.15) is 0 Å². The number of nitrogens with one attached hydrogen (secondary N) is 2. The number of para-hydroxylation sites is 3. The molecular weight excluding hydrogens is 328 g/mol. The van der Waals surface area contributed by atoms with Crippen LogP contribution in [0.2, 0.25) is 0 Å². The molecule has 0 saturated carbocycles. The minimum Gasteiger partial charge on any atom is -0.325 e. The van der Waals surface area contributed by atoms with Gasteiger partial charge in [-0.25, -0.2) is 4.79 Å². The second-order valence-corrected chi connectivity index (χ2v) is 6.74. The highest BCUT2D eigenvalue weighted by Crippen LogP contribution is 2.24. The second-order valence-electron chi connectivity index (χ2n) is 6.74. The average Bonchev–Trinajstić information content (AvgIpc) is 2.99. The summed E-state index contributed by atoms with van der Waals surface area (Å²) >= 11 is 0.